The van der Waals surface area contributed by atoms with Crippen LogP contribution in [0.25, 0.3) is 0 Å². The number of ether oxygens (including phenoxy) is 2. The van der Waals surface area contributed by atoms with E-state index in [1.807, 2.05) is 19.9 Å². The van der Waals surface area contributed by atoms with Crippen molar-refractivity contribution in [1.29, 1.82) is 5.26 Å². The minimum absolute atomic E-state index is 0.0220. The number of nitrogens with zero attached hydrogens (tertiary/aromatic N) is 3. The minimum atomic E-state index is -6.07. The van der Waals surface area contributed by atoms with Gasteiger partial charge in [0.15, 0.2) is 0 Å². The number of carbonyl (C=O) groups excluding carboxylic acids is 2. The molecule has 0 radical (unpaired) electrons. The van der Waals surface area contributed by atoms with Gasteiger partial charge in [0, 0.05) is 17.8 Å². The average Bonchev–Trinajstić information content (AvgIpc) is 3.20. The fourth-order valence-corrected chi connectivity index (χ4v) is 5.08. The van der Waals surface area contributed by atoms with Crippen molar-refractivity contribution in [2.24, 2.45) is 0 Å². The van der Waals surface area contributed by atoms with E-state index < -0.39 is 41.0 Å². The molecule has 2 aromatic carbocycles. The first-order valence-electron chi connectivity index (χ1n) is 14.3. The topological polar surface area (TPSA) is 125 Å². The Morgan fingerprint density at radius 2 is 1.66 bits per heavy atom. The van der Waals surface area contributed by atoms with Gasteiger partial charge in [-0.2, -0.15) is 31.6 Å². The number of urea groups is 1. The van der Waals surface area contributed by atoms with Crippen LogP contribution >= 0.6 is 0 Å². The second kappa shape index (κ2) is 12.7. The first-order valence-corrected chi connectivity index (χ1v) is 14.3. The summed E-state index contributed by atoms with van der Waals surface area (Å²) in [5.41, 5.74) is -7.51. The van der Waals surface area contributed by atoms with Crippen LogP contribution in [0, 0.1) is 11.3 Å². The predicted octanol–water partition coefficient (Wildman–Crippen LogP) is 6.76. The van der Waals surface area contributed by atoms with E-state index in [2.05, 4.69) is 10.3 Å². The van der Waals surface area contributed by atoms with Crippen molar-refractivity contribution in [2.45, 2.75) is 76.7 Å². The third kappa shape index (κ3) is 6.69. The molecule has 0 aliphatic carbocycles. The lowest BCUT2D eigenvalue weighted by Crippen LogP contribution is -2.53. The summed E-state index contributed by atoms with van der Waals surface area (Å²) in [6, 6.07) is 10.9. The summed E-state index contributed by atoms with van der Waals surface area (Å²) in [7, 11) is 0. The lowest BCUT2D eigenvalue weighted by atomic mass is 9.90. The maximum atomic E-state index is 13.6. The zero-order chi connectivity index (χ0) is 34.9. The van der Waals surface area contributed by atoms with Crippen LogP contribution in [-0.2, 0) is 28.9 Å². The van der Waals surface area contributed by atoms with Crippen LogP contribution in [0.5, 0.6) is 17.4 Å². The number of nitriles is 1. The standard InChI is InChI=1S/C32H30F6N4O5/c1-5-6-19-13-23(30(45,31(33,34)35)32(36,37)38)9-12-25(19)47-26-14-20(21(15-39)16-40-26)17-42-27(43)29(4,41-28(42)44)22-7-10-24(11-8-22)46-18(2)3/h7-14,16,18,45H,5-6,17H2,1-4H3,(H,41,44). The number of hydrogen-bond acceptors (Lipinski definition) is 7. The van der Waals surface area contributed by atoms with Crippen molar-refractivity contribution in [3.63, 3.8) is 0 Å². The van der Waals surface area contributed by atoms with E-state index in [1.165, 1.54) is 13.0 Å². The summed E-state index contributed by atoms with van der Waals surface area (Å²) in [5, 5.41) is 22.2. The number of amides is 3. The van der Waals surface area contributed by atoms with Crippen LogP contribution in [0.4, 0.5) is 31.1 Å². The molecule has 1 atom stereocenters. The van der Waals surface area contributed by atoms with Crippen LogP contribution in [-0.4, -0.2) is 45.4 Å². The van der Waals surface area contributed by atoms with Crippen molar-refractivity contribution in [2.75, 3.05) is 0 Å². The molecule has 1 aliphatic rings. The molecule has 1 aromatic heterocycles. The Morgan fingerprint density at radius 1 is 1.02 bits per heavy atom. The Kier molecular flexibility index (Phi) is 9.50. The van der Waals surface area contributed by atoms with Crippen LogP contribution < -0.4 is 14.8 Å². The number of rotatable bonds is 10. The molecule has 47 heavy (non-hydrogen) atoms. The zero-order valence-corrected chi connectivity index (χ0v) is 25.6. The number of aliphatic hydroxyl groups is 1. The highest BCUT2D eigenvalue weighted by atomic mass is 19.4. The second-order valence-electron chi connectivity index (χ2n) is 11.3. The van der Waals surface area contributed by atoms with Gasteiger partial charge in [0.1, 0.15) is 23.1 Å². The first-order chi connectivity index (χ1) is 21.8. The maximum Gasteiger partial charge on any atom is 0.430 e. The van der Waals surface area contributed by atoms with Crippen molar-refractivity contribution in [3.05, 3.63) is 82.5 Å². The summed E-state index contributed by atoms with van der Waals surface area (Å²) in [6.45, 7) is 6.48. The van der Waals surface area contributed by atoms with Crippen LogP contribution in [0.1, 0.15) is 61.9 Å². The number of alkyl halides is 6. The highest BCUT2D eigenvalue weighted by Gasteiger charge is 2.71. The molecule has 4 rings (SSSR count). The molecule has 1 saturated heterocycles. The molecule has 1 aliphatic heterocycles. The smallest absolute Gasteiger partial charge is 0.430 e. The molecule has 1 unspecified atom stereocenters. The molecular formula is C32H30F6N4O5. The fourth-order valence-electron chi connectivity index (χ4n) is 5.08. The number of hydrogen-bond donors (Lipinski definition) is 2. The molecule has 3 aromatic rings. The minimum Gasteiger partial charge on any atom is -0.491 e. The molecule has 0 bridgehead atoms. The summed E-state index contributed by atoms with van der Waals surface area (Å²) < 4.78 is 92.3. The van der Waals surface area contributed by atoms with Gasteiger partial charge in [-0.1, -0.05) is 31.5 Å². The molecule has 15 heteroatoms. The van der Waals surface area contributed by atoms with E-state index >= 15 is 0 Å². The van der Waals surface area contributed by atoms with E-state index in [-0.39, 0.29) is 47.4 Å². The van der Waals surface area contributed by atoms with E-state index in [1.54, 1.807) is 31.2 Å². The molecular weight excluding hydrogens is 634 g/mol. The van der Waals surface area contributed by atoms with Crippen molar-refractivity contribution >= 4 is 11.9 Å². The van der Waals surface area contributed by atoms with Gasteiger partial charge in [-0.05, 0) is 68.1 Å². The Labute approximate surface area is 265 Å². The molecule has 2 heterocycles. The Bertz CT molecular complexity index is 1690. The molecule has 250 valence electrons. The van der Waals surface area contributed by atoms with Crippen LogP contribution in [0.2, 0.25) is 0 Å². The quantitative estimate of drug-likeness (QED) is 0.181. The van der Waals surface area contributed by atoms with Gasteiger partial charge in [0.2, 0.25) is 5.88 Å². The third-order valence-electron chi connectivity index (χ3n) is 7.52. The summed E-state index contributed by atoms with van der Waals surface area (Å²) in [5.74, 6) is -0.428. The average molecular weight is 665 g/mol. The zero-order valence-electron chi connectivity index (χ0n) is 25.6. The molecule has 9 nitrogen and oxygen atoms in total. The maximum absolute atomic E-state index is 13.6. The second-order valence-corrected chi connectivity index (χ2v) is 11.3. The number of pyridine rings is 1. The van der Waals surface area contributed by atoms with Gasteiger partial charge in [-0.3, -0.25) is 9.69 Å². The van der Waals surface area contributed by atoms with Crippen molar-refractivity contribution < 1.29 is 50.5 Å². The third-order valence-corrected chi connectivity index (χ3v) is 7.52. The molecule has 3 amide bonds. The highest BCUT2D eigenvalue weighted by molar-refractivity contribution is 6.07. The number of halogens is 6. The van der Waals surface area contributed by atoms with E-state index in [0.29, 0.717) is 29.9 Å². The van der Waals surface area contributed by atoms with Gasteiger partial charge < -0.3 is 19.9 Å². The number of nitrogens with one attached hydrogen (secondary N) is 1. The Morgan fingerprint density at radius 3 is 2.21 bits per heavy atom. The van der Waals surface area contributed by atoms with Crippen molar-refractivity contribution in [3.8, 4) is 23.4 Å². The van der Waals surface area contributed by atoms with Crippen LogP contribution in [0.3, 0.4) is 0 Å². The predicted molar refractivity (Wildman–Crippen MR) is 154 cm³/mol. The lowest BCUT2D eigenvalue weighted by Gasteiger charge is -2.33. The Hall–Kier alpha value is -4.84. The molecule has 1 fully saturated rings. The Balaban J connectivity index is 1.63. The van der Waals surface area contributed by atoms with Gasteiger partial charge in [-0.25, -0.2) is 9.78 Å². The van der Waals surface area contributed by atoms with E-state index in [0.717, 1.165) is 17.2 Å². The number of aryl methyl sites for hydroxylation is 1. The lowest BCUT2D eigenvalue weighted by molar-refractivity contribution is -0.376. The van der Waals surface area contributed by atoms with E-state index in [9.17, 15) is 46.3 Å². The number of benzene rings is 2. The summed E-state index contributed by atoms with van der Waals surface area (Å²) >= 11 is 0. The SMILES string of the molecule is CCCc1cc(C(O)(C(F)(F)F)C(F)(F)F)ccc1Oc1cc(CN2C(=O)NC(C)(c3ccc(OC(C)C)cc3)C2=O)c(C#N)cn1. The summed E-state index contributed by atoms with van der Waals surface area (Å²) in [6.07, 6.45) is -10.9. The van der Waals surface area contributed by atoms with E-state index in [4.69, 9.17) is 9.47 Å². The summed E-state index contributed by atoms with van der Waals surface area (Å²) in [4.78, 5) is 31.4. The number of imide groups is 1. The number of carbonyl (C=O) groups is 2. The molecule has 0 saturated carbocycles. The molecule has 2 N–H and O–H groups in total. The van der Waals surface area contributed by atoms with Crippen molar-refractivity contribution in [1.82, 2.24) is 15.2 Å². The normalized spacial score (nSPS) is 17.1. The van der Waals surface area contributed by atoms with Gasteiger partial charge in [0.05, 0.1) is 18.2 Å². The van der Waals surface area contributed by atoms with Crippen LogP contribution in [0.15, 0.2) is 54.7 Å². The van der Waals surface area contributed by atoms with Gasteiger partial charge >= 0.3 is 18.4 Å². The van der Waals surface area contributed by atoms with Gasteiger partial charge in [-0.15, -0.1) is 0 Å². The van der Waals surface area contributed by atoms with Gasteiger partial charge in [0.25, 0.3) is 11.5 Å². The largest absolute Gasteiger partial charge is 0.491 e. The molecule has 0 spiro atoms. The highest BCUT2D eigenvalue weighted by Crippen LogP contribution is 2.50. The monoisotopic (exact) mass is 664 g/mol. The number of aromatic nitrogens is 1. The fraction of sp³-hybridized carbons (Fsp3) is 0.375. The first kappa shape index (κ1) is 35.0.